The zero-order valence-electron chi connectivity index (χ0n) is 13.2. The van der Waals surface area contributed by atoms with Crippen molar-refractivity contribution in [3.05, 3.63) is 46.7 Å². The molecule has 1 aromatic heterocycles. The number of hydrogen-bond acceptors (Lipinski definition) is 1. The Bertz CT molecular complexity index is 595. The van der Waals surface area contributed by atoms with Gasteiger partial charge in [0.25, 0.3) is 0 Å². The molecule has 0 saturated carbocycles. The minimum absolute atomic E-state index is 0.0378. The molecule has 20 heavy (non-hydrogen) atoms. The minimum atomic E-state index is 0.0378. The van der Waals surface area contributed by atoms with Gasteiger partial charge in [0.1, 0.15) is 0 Å². The van der Waals surface area contributed by atoms with E-state index in [9.17, 15) is 0 Å². The van der Waals surface area contributed by atoms with E-state index in [0.717, 1.165) is 16.4 Å². The van der Waals surface area contributed by atoms with Crippen molar-refractivity contribution in [1.82, 2.24) is 9.78 Å². The van der Waals surface area contributed by atoms with Crippen LogP contribution in [0, 0.1) is 0 Å². The van der Waals surface area contributed by atoms with E-state index in [1.54, 1.807) is 0 Å². The van der Waals surface area contributed by atoms with E-state index in [4.69, 9.17) is 16.7 Å². The molecule has 0 radical (unpaired) electrons. The highest BCUT2D eigenvalue weighted by Gasteiger charge is 2.26. The van der Waals surface area contributed by atoms with E-state index < -0.39 is 0 Å². The highest BCUT2D eigenvalue weighted by Crippen LogP contribution is 2.30. The highest BCUT2D eigenvalue weighted by atomic mass is 35.5. The summed E-state index contributed by atoms with van der Waals surface area (Å²) in [6.07, 6.45) is 0. The maximum atomic E-state index is 5.98. The molecular formula is C17H23ClN2. The van der Waals surface area contributed by atoms with Crippen LogP contribution in [-0.4, -0.2) is 9.78 Å². The van der Waals surface area contributed by atoms with Crippen molar-refractivity contribution in [1.29, 1.82) is 0 Å². The van der Waals surface area contributed by atoms with E-state index in [2.05, 4.69) is 47.6 Å². The maximum Gasteiger partial charge on any atom is 0.0685 e. The summed E-state index contributed by atoms with van der Waals surface area (Å²) in [7, 11) is 0. The second-order valence-electron chi connectivity index (χ2n) is 7.30. The molecule has 0 bridgehead atoms. The van der Waals surface area contributed by atoms with Crippen LogP contribution in [0.15, 0.2) is 30.3 Å². The van der Waals surface area contributed by atoms with E-state index in [1.165, 1.54) is 5.69 Å². The largest absolute Gasteiger partial charge is 0.237 e. The fourth-order valence-electron chi connectivity index (χ4n) is 2.06. The van der Waals surface area contributed by atoms with Gasteiger partial charge in [-0.2, -0.15) is 5.10 Å². The van der Waals surface area contributed by atoms with Gasteiger partial charge < -0.3 is 0 Å². The molecule has 3 heteroatoms. The number of rotatable bonds is 1. The number of benzene rings is 1. The number of halogens is 1. The third kappa shape index (κ3) is 3.06. The van der Waals surface area contributed by atoms with E-state index in [0.29, 0.717) is 0 Å². The molecule has 108 valence electrons. The quantitative estimate of drug-likeness (QED) is 0.713. The lowest BCUT2D eigenvalue weighted by atomic mass is 9.88. The van der Waals surface area contributed by atoms with Gasteiger partial charge in [-0.05, 0) is 30.3 Å². The van der Waals surface area contributed by atoms with Gasteiger partial charge >= 0.3 is 0 Å². The van der Waals surface area contributed by atoms with Crippen LogP contribution in [-0.2, 0) is 10.8 Å². The summed E-state index contributed by atoms with van der Waals surface area (Å²) in [5.41, 5.74) is 3.45. The molecular weight excluding hydrogens is 268 g/mol. The Morgan fingerprint density at radius 3 is 1.90 bits per heavy atom. The summed E-state index contributed by atoms with van der Waals surface area (Å²) in [5, 5.41) is 5.57. The van der Waals surface area contributed by atoms with Crippen LogP contribution < -0.4 is 0 Å². The van der Waals surface area contributed by atoms with Crippen molar-refractivity contribution in [2.45, 2.75) is 52.4 Å². The molecule has 2 nitrogen and oxygen atoms in total. The fraction of sp³-hybridized carbons (Fsp3) is 0.471. The standard InChI is InChI=1S/C17H23ClN2/c1-16(2,3)14-11-15(17(4,5)6)20(19-14)13-9-7-12(18)8-10-13/h7-11H,1-6H3. The lowest BCUT2D eigenvalue weighted by molar-refractivity contribution is 0.537. The van der Waals surface area contributed by atoms with Crippen LogP contribution in [0.2, 0.25) is 5.02 Å². The van der Waals surface area contributed by atoms with Gasteiger partial charge in [-0.25, -0.2) is 4.68 Å². The molecule has 0 aliphatic carbocycles. The molecule has 0 aliphatic rings. The second kappa shape index (κ2) is 4.92. The van der Waals surface area contributed by atoms with E-state index in [-0.39, 0.29) is 10.8 Å². The molecule has 0 N–H and O–H groups in total. The average molecular weight is 291 g/mol. The molecule has 1 aromatic carbocycles. The summed E-state index contributed by atoms with van der Waals surface area (Å²) in [6.45, 7) is 13.2. The Balaban J connectivity index is 2.62. The number of hydrogen-bond donors (Lipinski definition) is 0. The number of nitrogens with zero attached hydrogens (tertiary/aromatic N) is 2. The molecule has 0 fully saturated rings. The smallest absolute Gasteiger partial charge is 0.0685 e. The first-order valence-electron chi connectivity index (χ1n) is 6.96. The molecule has 0 unspecified atom stereocenters. The zero-order valence-corrected chi connectivity index (χ0v) is 13.9. The SMILES string of the molecule is CC(C)(C)c1cc(C(C)(C)C)n(-c2ccc(Cl)cc2)n1. The van der Waals surface area contributed by atoms with Crippen molar-refractivity contribution in [3.8, 4) is 5.69 Å². The van der Waals surface area contributed by atoms with Crippen LogP contribution in [0.1, 0.15) is 52.9 Å². The molecule has 0 atom stereocenters. The predicted octanol–water partition coefficient (Wildman–Crippen LogP) is 5.12. The van der Waals surface area contributed by atoms with Crippen LogP contribution in [0.4, 0.5) is 0 Å². The molecule has 0 saturated heterocycles. The molecule has 0 spiro atoms. The molecule has 2 rings (SSSR count). The minimum Gasteiger partial charge on any atom is -0.237 e. The summed E-state index contributed by atoms with van der Waals surface area (Å²) in [5.74, 6) is 0. The molecule has 2 aromatic rings. The van der Waals surface area contributed by atoms with Gasteiger partial charge in [0.15, 0.2) is 0 Å². The third-order valence-corrected chi connectivity index (χ3v) is 3.57. The Hall–Kier alpha value is -1.28. The first-order chi connectivity index (χ1) is 9.09. The maximum absolute atomic E-state index is 5.98. The normalized spacial score (nSPS) is 12.8. The monoisotopic (exact) mass is 290 g/mol. The van der Waals surface area contributed by atoms with Crippen molar-refractivity contribution >= 4 is 11.6 Å². The zero-order chi connectivity index (χ0) is 15.1. The third-order valence-electron chi connectivity index (χ3n) is 3.32. The molecule has 0 amide bonds. The Morgan fingerprint density at radius 1 is 0.900 bits per heavy atom. The first kappa shape index (κ1) is 15.1. The van der Waals surface area contributed by atoms with E-state index in [1.807, 2.05) is 28.9 Å². The van der Waals surface area contributed by atoms with Crippen LogP contribution in [0.25, 0.3) is 5.69 Å². The Morgan fingerprint density at radius 2 is 1.45 bits per heavy atom. The van der Waals surface area contributed by atoms with Crippen molar-refractivity contribution in [3.63, 3.8) is 0 Å². The van der Waals surface area contributed by atoms with Crippen LogP contribution >= 0.6 is 11.6 Å². The summed E-state index contributed by atoms with van der Waals surface area (Å²) in [6, 6.07) is 10.0. The first-order valence-corrected chi connectivity index (χ1v) is 7.34. The van der Waals surface area contributed by atoms with Gasteiger partial charge in [-0.15, -0.1) is 0 Å². The topological polar surface area (TPSA) is 17.8 Å². The van der Waals surface area contributed by atoms with Gasteiger partial charge in [0, 0.05) is 21.5 Å². The fourth-order valence-corrected chi connectivity index (χ4v) is 2.19. The van der Waals surface area contributed by atoms with Gasteiger partial charge in [-0.3, -0.25) is 0 Å². The summed E-state index contributed by atoms with van der Waals surface area (Å²) in [4.78, 5) is 0. The van der Waals surface area contributed by atoms with Crippen LogP contribution in [0.3, 0.4) is 0 Å². The van der Waals surface area contributed by atoms with E-state index >= 15 is 0 Å². The van der Waals surface area contributed by atoms with Crippen molar-refractivity contribution < 1.29 is 0 Å². The molecule has 0 aliphatic heterocycles. The Labute approximate surface area is 126 Å². The molecule has 1 heterocycles. The Kier molecular flexibility index (Phi) is 3.72. The van der Waals surface area contributed by atoms with Gasteiger partial charge in [0.2, 0.25) is 0 Å². The highest BCUT2D eigenvalue weighted by molar-refractivity contribution is 6.30. The predicted molar refractivity (Wildman–Crippen MR) is 86.0 cm³/mol. The van der Waals surface area contributed by atoms with Gasteiger partial charge in [-0.1, -0.05) is 53.1 Å². The summed E-state index contributed by atoms with van der Waals surface area (Å²) >= 11 is 5.98. The lowest BCUT2D eigenvalue weighted by Crippen LogP contribution is -2.17. The van der Waals surface area contributed by atoms with Gasteiger partial charge in [0.05, 0.1) is 11.4 Å². The second-order valence-corrected chi connectivity index (χ2v) is 7.74. The van der Waals surface area contributed by atoms with Crippen molar-refractivity contribution in [2.24, 2.45) is 0 Å². The number of aromatic nitrogens is 2. The summed E-state index contributed by atoms with van der Waals surface area (Å²) < 4.78 is 2.04. The lowest BCUT2D eigenvalue weighted by Gasteiger charge is -2.20. The van der Waals surface area contributed by atoms with Crippen molar-refractivity contribution in [2.75, 3.05) is 0 Å². The van der Waals surface area contributed by atoms with Crippen LogP contribution in [0.5, 0.6) is 0 Å². The average Bonchev–Trinajstić information content (AvgIpc) is 2.74.